The zero-order valence-electron chi connectivity index (χ0n) is 12.2. The number of amides is 1. The summed E-state index contributed by atoms with van der Waals surface area (Å²) in [5.74, 6) is -0.0115. The molecule has 0 bridgehead atoms. The highest BCUT2D eigenvalue weighted by Crippen LogP contribution is 2.26. The van der Waals surface area contributed by atoms with Crippen LogP contribution in [0.15, 0.2) is 18.2 Å². The molecule has 0 aromatic heterocycles. The third kappa shape index (κ3) is 4.85. The van der Waals surface area contributed by atoms with Crippen LogP contribution < -0.4 is 5.32 Å². The van der Waals surface area contributed by atoms with E-state index in [1.54, 1.807) is 12.1 Å². The molecule has 1 heterocycles. The first-order valence-corrected chi connectivity index (χ1v) is 7.79. The van der Waals surface area contributed by atoms with Crippen molar-refractivity contribution < 1.29 is 9.53 Å². The number of halogens is 2. The van der Waals surface area contributed by atoms with E-state index in [-0.39, 0.29) is 18.1 Å². The van der Waals surface area contributed by atoms with Crippen LogP contribution in [0.1, 0.15) is 25.5 Å². The summed E-state index contributed by atoms with van der Waals surface area (Å²) in [4.78, 5) is 14.2. The molecule has 1 fully saturated rings. The van der Waals surface area contributed by atoms with Crippen LogP contribution >= 0.6 is 23.2 Å². The molecule has 0 aliphatic carbocycles. The van der Waals surface area contributed by atoms with Gasteiger partial charge in [-0.25, -0.2) is 0 Å². The number of ether oxygens (including phenoxy) is 1. The fourth-order valence-electron chi connectivity index (χ4n) is 2.45. The van der Waals surface area contributed by atoms with Gasteiger partial charge < -0.3 is 10.1 Å². The quantitative estimate of drug-likeness (QED) is 0.922. The Bertz CT molecular complexity index is 510. The molecule has 0 saturated carbocycles. The van der Waals surface area contributed by atoms with Crippen molar-refractivity contribution in [2.75, 3.05) is 26.2 Å². The summed E-state index contributed by atoms with van der Waals surface area (Å²) in [6, 6.07) is 5.15. The Hall–Kier alpha value is -0.810. The van der Waals surface area contributed by atoms with Crippen LogP contribution in [-0.2, 0) is 9.53 Å². The van der Waals surface area contributed by atoms with Crippen LogP contribution in [-0.4, -0.2) is 43.2 Å². The van der Waals surface area contributed by atoms with Gasteiger partial charge in [-0.2, -0.15) is 0 Å². The smallest absolute Gasteiger partial charge is 0.234 e. The predicted octanol–water partition coefficient (Wildman–Crippen LogP) is 2.89. The van der Waals surface area contributed by atoms with Crippen molar-refractivity contribution in [2.24, 2.45) is 0 Å². The fourth-order valence-corrected chi connectivity index (χ4v) is 3.03. The minimum atomic E-state index is -0.152. The molecule has 1 amide bonds. The molecule has 2 atom stereocenters. The maximum absolute atomic E-state index is 12.1. The molecule has 6 heteroatoms. The lowest BCUT2D eigenvalue weighted by molar-refractivity contribution is -0.124. The Morgan fingerprint density at radius 3 is 2.95 bits per heavy atom. The molecule has 21 heavy (non-hydrogen) atoms. The van der Waals surface area contributed by atoms with Gasteiger partial charge in [0.25, 0.3) is 0 Å². The highest BCUT2D eigenvalue weighted by Gasteiger charge is 2.20. The zero-order chi connectivity index (χ0) is 15.4. The molecule has 1 saturated heterocycles. The van der Waals surface area contributed by atoms with Gasteiger partial charge in [-0.05, 0) is 31.5 Å². The van der Waals surface area contributed by atoms with Crippen molar-refractivity contribution in [3.63, 3.8) is 0 Å². The van der Waals surface area contributed by atoms with E-state index < -0.39 is 0 Å². The molecule has 1 aromatic carbocycles. The minimum Gasteiger partial charge on any atom is -0.376 e. The van der Waals surface area contributed by atoms with Gasteiger partial charge in [-0.1, -0.05) is 29.3 Å². The summed E-state index contributed by atoms with van der Waals surface area (Å²) in [6.45, 7) is 6.54. The Balaban J connectivity index is 1.89. The average Bonchev–Trinajstić information content (AvgIpc) is 2.38. The average molecular weight is 331 g/mol. The summed E-state index contributed by atoms with van der Waals surface area (Å²) in [6.07, 6.45) is 0.176. The topological polar surface area (TPSA) is 41.6 Å². The lowest BCUT2D eigenvalue weighted by Gasteiger charge is -2.30. The molecule has 0 radical (unpaired) electrons. The number of hydrogen-bond donors (Lipinski definition) is 1. The zero-order valence-corrected chi connectivity index (χ0v) is 13.7. The highest BCUT2D eigenvalue weighted by molar-refractivity contribution is 6.35. The Morgan fingerprint density at radius 1 is 1.52 bits per heavy atom. The predicted molar refractivity (Wildman–Crippen MR) is 84.9 cm³/mol. The molecule has 116 valence electrons. The second-order valence-electron chi connectivity index (χ2n) is 5.37. The summed E-state index contributed by atoms with van der Waals surface area (Å²) in [5.41, 5.74) is 0.866. The molecule has 1 aliphatic heterocycles. The first kappa shape index (κ1) is 16.6. The van der Waals surface area contributed by atoms with Crippen LogP contribution in [0.5, 0.6) is 0 Å². The molecular formula is C15H20Cl2N2O2. The van der Waals surface area contributed by atoms with Crippen molar-refractivity contribution >= 4 is 29.1 Å². The Morgan fingerprint density at radius 2 is 2.29 bits per heavy atom. The van der Waals surface area contributed by atoms with Gasteiger partial charge in [0.05, 0.1) is 25.3 Å². The third-order valence-electron chi connectivity index (χ3n) is 3.50. The van der Waals surface area contributed by atoms with Crippen molar-refractivity contribution in [3.8, 4) is 0 Å². The molecular weight excluding hydrogens is 311 g/mol. The van der Waals surface area contributed by atoms with Gasteiger partial charge in [0.2, 0.25) is 5.91 Å². The van der Waals surface area contributed by atoms with E-state index in [4.69, 9.17) is 27.9 Å². The van der Waals surface area contributed by atoms with Crippen molar-refractivity contribution in [3.05, 3.63) is 33.8 Å². The SMILES string of the molecule is CC1CN(CC(=O)NC(C)c2ccc(Cl)cc2Cl)CCO1. The highest BCUT2D eigenvalue weighted by atomic mass is 35.5. The molecule has 0 spiro atoms. The molecule has 2 unspecified atom stereocenters. The van der Waals surface area contributed by atoms with E-state index in [0.29, 0.717) is 23.2 Å². The molecule has 1 N–H and O–H groups in total. The van der Waals surface area contributed by atoms with Crippen molar-refractivity contribution in [1.82, 2.24) is 10.2 Å². The second-order valence-corrected chi connectivity index (χ2v) is 6.22. The number of rotatable bonds is 4. The van der Waals surface area contributed by atoms with E-state index in [1.165, 1.54) is 0 Å². The van der Waals surface area contributed by atoms with E-state index in [1.807, 2.05) is 19.9 Å². The summed E-state index contributed by atoms with van der Waals surface area (Å²) < 4.78 is 5.46. The molecule has 1 aliphatic rings. The van der Waals surface area contributed by atoms with Crippen molar-refractivity contribution in [2.45, 2.75) is 26.0 Å². The molecule has 2 rings (SSSR count). The monoisotopic (exact) mass is 330 g/mol. The number of carbonyl (C=O) groups is 1. The van der Waals surface area contributed by atoms with Crippen molar-refractivity contribution in [1.29, 1.82) is 0 Å². The van der Waals surface area contributed by atoms with E-state index in [9.17, 15) is 4.79 Å². The number of benzene rings is 1. The maximum Gasteiger partial charge on any atom is 0.234 e. The summed E-state index contributed by atoms with van der Waals surface area (Å²) in [7, 11) is 0. The lowest BCUT2D eigenvalue weighted by Crippen LogP contribution is -2.46. The van der Waals surface area contributed by atoms with Gasteiger partial charge >= 0.3 is 0 Å². The van der Waals surface area contributed by atoms with Gasteiger partial charge in [-0.15, -0.1) is 0 Å². The Labute approximate surface area is 135 Å². The number of nitrogens with zero attached hydrogens (tertiary/aromatic N) is 1. The van der Waals surface area contributed by atoms with E-state index in [0.717, 1.165) is 18.7 Å². The van der Waals surface area contributed by atoms with Crippen LogP contribution in [0.2, 0.25) is 10.0 Å². The van der Waals surface area contributed by atoms with Crippen LogP contribution in [0.4, 0.5) is 0 Å². The number of nitrogens with one attached hydrogen (secondary N) is 1. The second kappa shape index (κ2) is 7.45. The van der Waals surface area contributed by atoms with Crippen LogP contribution in [0.25, 0.3) is 0 Å². The Kier molecular flexibility index (Phi) is 5.88. The summed E-state index contributed by atoms with van der Waals surface area (Å²) >= 11 is 12.0. The minimum absolute atomic E-state index is 0.0115. The normalized spacial score (nSPS) is 21.0. The first-order valence-electron chi connectivity index (χ1n) is 7.04. The van der Waals surface area contributed by atoms with Crippen LogP contribution in [0.3, 0.4) is 0 Å². The summed E-state index contributed by atoms with van der Waals surface area (Å²) in [5, 5.41) is 4.12. The largest absolute Gasteiger partial charge is 0.376 e. The standard InChI is InChI=1S/C15H20Cl2N2O2/c1-10-8-19(5-6-21-10)9-15(20)18-11(2)13-4-3-12(16)7-14(13)17/h3-4,7,10-11H,5-6,8-9H2,1-2H3,(H,18,20). The van der Waals surface area contributed by atoms with Gasteiger partial charge in [0.15, 0.2) is 0 Å². The lowest BCUT2D eigenvalue weighted by atomic mass is 10.1. The van der Waals surface area contributed by atoms with E-state index in [2.05, 4.69) is 10.2 Å². The third-order valence-corrected chi connectivity index (χ3v) is 4.06. The number of carbonyl (C=O) groups excluding carboxylic acids is 1. The van der Waals surface area contributed by atoms with Crippen LogP contribution in [0, 0.1) is 0 Å². The molecule has 1 aromatic rings. The fraction of sp³-hybridized carbons (Fsp3) is 0.533. The van der Waals surface area contributed by atoms with Gasteiger partial charge in [0, 0.05) is 23.1 Å². The maximum atomic E-state index is 12.1. The number of hydrogen-bond acceptors (Lipinski definition) is 3. The number of morpholine rings is 1. The molecule has 4 nitrogen and oxygen atoms in total. The van der Waals surface area contributed by atoms with Gasteiger partial charge in [0.1, 0.15) is 0 Å². The first-order chi connectivity index (χ1) is 9.95. The van der Waals surface area contributed by atoms with Gasteiger partial charge in [-0.3, -0.25) is 9.69 Å². The van der Waals surface area contributed by atoms with E-state index >= 15 is 0 Å².